The first-order chi connectivity index (χ1) is 9.20. The van der Waals surface area contributed by atoms with Crippen LogP contribution in [0.15, 0.2) is 11.1 Å². The highest BCUT2D eigenvalue weighted by Gasteiger charge is 2.19. The van der Waals surface area contributed by atoms with Crippen molar-refractivity contribution in [2.75, 3.05) is 20.2 Å². The number of hydrogen-bond donors (Lipinski definition) is 2. The Kier molecular flexibility index (Phi) is 6.98. The van der Waals surface area contributed by atoms with E-state index in [0.29, 0.717) is 0 Å². The molecule has 0 aromatic heterocycles. The van der Waals surface area contributed by atoms with Gasteiger partial charge in [-0.05, 0) is 20.8 Å². The summed E-state index contributed by atoms with van der Waals surface area (Å²) in [7, 11) is 1.31. The van der Waals surface area contributed by atoms with Crippen LogP contribution in [0.4, 0.5) is 4.79 Å². The van der Waals surface area contributed by atoms with E-state index >= 15 is 0 Å². The van der Waals surface area contributed by atoms with E-state index in [2.05, 4.69) is 4.74 Å². The fourth-order valence-electron chi connectivity index (χ4n) is 1.09. The van der Waals surface area contributed by atoms with Gasteiger partial charge in [0.25, 0.3) is 5.91 Å². The van der Waals surface area contributed by atoms with Gasteiger partial charge in [0.1, 0.15) is 6.54 Å². The monoisotopic (exact) mass is 286 g/mol. The number of carboxylic acid groups (broad SMARTS) is 1. The molecule has 0 fully saturated rings. The molecule has 0 aromatic rings. The summed E-state index contributed by atoms with van der Waals surface area (Å²) in [6.07, 6.45) is 0. The van der Waals surface area contributed by atoms with Gasteiger partial charge in [-0.1, -0.05) is 0 Å². The fourth-order valence-corrected chi connectivity index (χ4v) is 1.09. The Hall–Kier alpha value is -2.38. The second-order valence-electron chi connectivity index (χ2n) is 3.98. The van der Waals surface area contributed by atoms with E-state index in [-0.39, 0.29) is 24.3 Å². The summed E-state index contributed by atoms with van der Waals surface area (Å²) in [4.78, 5) is 46.0. The molecule has 8 nitrogen and oxygen atoms in total. The van der Waals surface area contributed by atoms with Crippen molar-refractivity contribution >= 4 is 23.9 Å². The molecular weight excluding hydrogens is 268 g/mol. The lowest BCUT2D eigenvalue weighted by Crippen LogP contribution is -2.43. The maximum atomic E-state index is 11.6. The van der Waals surface area contributed by atoms with Crippen molar-refractivity contribution in [3.8, 4) is 0 Å². The number of ether oxygens (including phenoxy) is 1. The predicted molar refractivity (Wildman–Crippen MR) is 68.8 cm³/mol. The normalized spacial score (nSPS) is 11.2. The second-order valence-corrected chi connectivity index (χ2v) is 3.98. The van der Waals surface area contributed by atoms with E-state index < -0.39 is 23.9 Å². The topological polar surface area (TPSA) is 113 Å². The highest BCUT2D eigenvalue weighted by Crippen LogP contribution is 2.03. The number of nitrogens with zero attached hydrogens (tertiary/aromatic N) is 1. The number of urea groups is 1. The lowest BCUT2D eigenvalue weighted by atomic mass is 10.1. The summed E-state index contributed by atoms with van der Waals surface area (Å²) in [5.74, 6) is -2.68. The smallest absolute Gasteiger partial charge is 0.331 e. The largest absolute Gasteiger partial charge is 0.478 e. The minimum atomic E-state index is -1.25. The van der Waals surface area contributed by atoms with Crippen LogP contribution in [-0.4, -0.2) is 54.1 Å². The standard InChI is InChI=1S/C12H18N2O6/c1-5-20-9(15)6-14(4)12(19)13-10(16)7(2)8(3)11(17)18/h5-6H2,1-4H3,(H,17,18)(H,13,16,19). The summed E-state index contributed by atoms with van der Waals surface area (Å²) in [6.45, 7) is 4.05. The van der Waals surface area contributed by atoms with Gasteiger partial charge in [0.15, 0.2) is 0 Å². The van der Waals surface area contributed by atoms with Crippen LogP contribution in [-0.2, 0) is 19.1 Å². The maximum Gasteiger partial charge on any atom is 0.331 e. The van der Waals surface area contributed by atoms with Crippen LogP contribution in [0.25, 0.3) is 0 Å². The molecule has 0 saturated heterocycles. The summed E-state index contributed by atoms with van der Waals surface area (Å²) in [5.41, 5.74) is -0.251. The SMILES string of the molecule is CCOC(=O)CN(C)C(=O)NC(=O)C(C)=C(C)C(=O)O. The first-order valence-electron chi connectivity index (χ1n) is 5.83. The average molecular weight is 286 g/mol. The van der Waals surface area contributed by atoms with E-state index in [1.807, 2.05) is 5.32 Å². The highest BCUT2D eigenvalue weighted by atomic mass is 16.5. The summed E-state index contributed by atoms with van der Waals surface area (Å²) < 4.78 is 4.65. The Balaban J connectivity index is 4.61. The number of amides is 3. The molecule has 0 atom stereocenters. The van der Waals surface area contributed by atoms with Crippen molar-refractivity contribution in [2.45, 2.75) is 20.8 Å². The van der Waals surface area contributed by atoms with Crippen molar-refractivity contribution in [3.63, 3.8) is 0 Å². The van der Waals surface area contributed by atoms with Gasteiger partial charge in [-0.25, -0.2) is 9.59 Å². The molecule has 0 aliphatic carbocycles. The molecule has 0 rings (SSSR count). The van der Waals surface area contributed by atoms with Crippen molar-refractivity contribution in [1.29, 1.82) is 0 Å². The molecule has 0 unspecified atom stereocenters. The van der Waals surface area contributed by atoms with Gasteiger partial charge in [0.2, 0.25) is 0 Å². The molecule has 0 bridgehead atoms. The molecule has 0 radical (unpaired) electrons. The Morgan fingerprint density at radius 2 is 1.70 bits per heavy atom. The number of likely N-dealkylation sites (N-methyl/N-ethyl adjacent to an activating group) is 1. The molecule has 0 spiro atoms. The number of carbonyl (C=O) groups is 4. The number of nitrogens with one attached hydrogen (secondary N) is 1. The molecule has 20 heavy (non-hydrogen) atoms. The number of aliphatic carboxylic acids is 1. The lowest BCUT2D eigenvalue weighted by Gasteiger charge is -2.16. The van der Waals surface area contributed by atoms with Gasteiger partial charge in [-0.15, -0.1) is 0 Å². The third kappa shape index (κ3) is 5.51. The number of imide groups is 1. The summed E-state index contributed by atoms with van der Waals surface area (Å²) in [5, 5.41) is 10.7. The van der Waals surface area contributed by atoms with Crippen LogP contribution in [0, 0.1) is 0 Å². The highest BCUT2D eigenvalue weighted by molar-refractivity contribution is 6.07. The third-order valence-electron chi connectivity index (χ3n) is 2.46. The number of rotatable bonds is 5. The van der Waals surface area contributed by atoms with Crippen molar-refractivity contribution in [2.24, 2.45) is 0 Å². The molecule has 112 valence electrons. The first-order valence-corrected chi connectivity index (χ1v) is 5.83. The van der Waals surface area contributed by atoms with Gasteiger partial charge < -0.3 is 14.7 Å². The van der Waals surface area contributed by atoms with Crippen LogP contribution in [0.3, 0.4) is 0 Å². The molecular formula is C12H18N2O6. The Morgan fingerprint density at radius 1 is 1.15 bits per heavy atom. The van der Waals surface area contributed by atoms with Crippen LogP contribution in [0.5, 0.6) is 0 Å². The van der Waals surface area contributed by atoms with Crippen LogP contribution in [0.1, 0.15) is 20.8 Å². The molecule has 0 aromatic carbocycles. The molecule has 0 heterocycles. The molecule has 0 aliphatic heterocycles. The Labute approximate surface area is 116 Å². The minimum absolute atomic E-state index is 0.0876. The average Bonchev–Trinajstić information content (AvgIpc) is 2.36. The van der Waals surface area contributed by atoms with Crippen LogP contribution in [0.2, 0.25) is 0 Å². The summed E-state index contributed by atoms with van der Waals surface area (Å²) in [6, 6.07) is -0.819. The quantitative estimate of drug-likeness (QED) is 0.549. The third-order valence-corrected chi connectivity index (χ3v) is 2.46. The van der Waals surface area contributed by atoms with E-state index in [4.69, 9.17) is 5.11 Å². The van der Waals surface area contributed by atoms with E-state index in [0.717, 1.165) is 4.90 Å². The van der Waals surface area contributed by atoms with E-state index in [1.54, 1.807) is 6.92 Å². The Morgan fingerprint density at radius 3 is 2.15 bits per heavy atom. The van der Waals surface area contributed by atoms with Gasteiger partial charge in [0, 0.05) is 18.2 Å². The van der Waals surface area contributed by atoms with Crippen molar-refractivity contribution in [3.05, 3.63) is 11.1 Å². The van der Waals surface area contributed by atoms with Crippen LogP contribution >= 0.6 is 0 Å². The number of carboxylic acids is 1. The zero-order chi connectivity index (χ0) is 15.9. The van der Waals surface area contributed by atoms with Gasteiger partial charge >= 0.3 is 18.0 Å². The molecule has 0 aliphatic rings. The second kappa shape index (κ2) is 7.93. The Bertz CT molecular complexity index is 455. The number of carbonyl (C=O) groups excluding carboxylic acids is 3. The van der Waals surface area contributed by atoms with E-state index in [1.165, 1.54) is 20.9 Å². The van der Waals surface area contributed by atoms with E-state index in [9.17, 15) is 19.2 Å². The predicted octanol–water partition coefficient (Wildman–Crippen LogP) is 0.139. The van der Waals surface area contributed by atoms with Crippen molar-refractivity contribution < 1.29 is 29.0 Å². The zero-order valence-electron chi connectivity index (χ0n) is 11.8. The fraction of sp³-hybridized carbons (Fsp3) is 0.500. The molecule has 0 saturated carbocycles. The maximum absolute atomic E-state index is 11.6. The van der Waals surface area contributed by atoms with Crippen molar-refractivity contribution in [1.82, 2.24) is 10.2 Å². The minimum Gasteiger partial charge on any atom is -0.478 e. The first kappa shape index (κ1) is 17.6. The lowest BCUT2D eigenvalue weighted by molar-refractivity contribution is -0.143. The van der Waals surface area contributed by atoms with Crippen LogP contribution < -0.4 is 5.32 Å². The van der Waals surface area contributed by atoms with Gasteiger partial charge in [-0.2, -0.15) is 0 Å². The number of esters is 1. The van der Waals surface area contributed by atoms with Gasteiger partial charge in [-0.3, -0.25) is 14.9 Å². The zero-order valence-corrected chi connectivity index (χ0v) is 11.8. The summed E-state index contributed by atoms with van der Waals surface area (Å²) >= 11 is 0. The number of hydrogen-bond acceptors (Lipinski definition) is 5. The van der Waals surface area contributed by atoms with Gasteiger partial charge in [0.05, 0.1) is 6.61 Å². The molecule has 8 heteroatoms. The molecule has 2 N–H and O–H groups in total. The molecule has 3 amide bonds.